The monoisotopic (exact) mass is 205 g/mol. The third-order valence-corrected chi connectivity index (χ3v) is 2.87. The molecule has 1 unspecified atom stereocenters. The summed E-state index contributed by atoms with van der Waals surface area (Å²) in [6.07, 6.45) is 4.14. The lowest BCUT2D eigenvalue weighted by molar-refractivity contribution is 0.286. The van der Waals surface area contributed by atoms with Gasteiger partial charge in [-0.3, -0.25) is 0 Å². The molecule has 1 atom stereocenters. The van der Waals surface area contributed by atoms with Gasteiger partial charge in [0.1, 0.15) is 5.82 Å². The van der Waals surface area contributed by atoms with Crippen LogP contribution in [0.3, 0.4) is 0 Å². The first kappa shape index (κ1) is 10.4. The van der Waals surface area contributed by atoms with E-state index in [0.29, 0.717) is 6.04 Å². The predicted octanol–water partition coefficient (Wildman–Crippen LogP) is 2.02. The lowest BCUT2D eigenvalue weighted by atomic mass is 9.89. The Hall–Kier alpha value is -1.09. The van der Waals surface area contributed by atoms with Crippen molar-refractivity contribution < 1.29 is 0 Å². The van der Waals surface area contributed by atoms with Gasteiger partial charge in [-0.05, 0) is 45.4 Å². The fourth-order valence-corrected chi connectivity index (χ4v) is 2.16. The molecule has 0 radical (unpaired) electrons. The zero-order valence-electron chi connectivity index (χ0n) is 9.46. The SMILES string of the molecule is CC1(C)CC(Nc2ccccn2)CCN1. The minimum Gasteiger partial charge on any atom is -0.367 e. The van der Waals surface area contributed by atoms with E-state index < -0.39 is 0 Å². The van der Waals surface area contributed by atoms with Gasteiger partial charge in [-0.2, -0.15) is 0 Å². The molecule has 15 heavy (non-hydrogen) atoms. The fraction of sp³-hybridized carbons (Fsp3) is 0.583. The van der Waals surface area contributed by atoms with E-state index in [0.717, 1.165) is 18.8 Å². The lowest BCUT2D eigenvalue weighted by Crippen LogP contribution is -2.50. The van der Waals surface area contributed by atoms with Gasteiger partial charge in [-0.15, -0.1) is 0 Å². The van der Waals surface area contributed by atoms with Crippen LogP contribution in [0, 0.1) is 0 Å². The van der Waals surface area contributed by atoms with Crippen molar-refractivity contribution in [2.24, 2.45) is 0 Å². The van der Waals surface area contributed by atoms with Crippen LogP contribution in [0.5, 0.6) is 0 Å². The number of hydrogen-bond donors (Lipinski definition) is 2. The third kappa shape index (κ3) is 2.93. The molecule has 0 saturated carbocycles. The number of hydrogen-bond acceptors (Lipinski definition) is 3. The van der Waals surface area contributed by atoms with Gasteiger partial charge in [0, 0.05) is 17.8 Å². The molecule has 2 N–H and O–H groups in total. The van der Waals surface area contributed by atoms with Crippen LogP contribution >= 0.6 is 0 Å². The normalized spacial score (nSPS) is 24.8. The van der Waals surface area contributed by atoms with E-state index in [1.165, 1.54) is 6.42 Å². The number of anilines is 1. The molecule has 3 nitrogen and oxygen atoms in total. The first-order valence-electron chi connectivity index (χ1n) is 5.58. The highest BCUT2D eigenvalue weighted by Gasteiger charge is 2.27. The number of piperidine rings is 1. The van der Waals surface area contributed by atoms with E-state index in [1.54, 1.807) is 0 Å². The second kappa shape index (κ2) is 4.19. The topological polar surface area (TPSA) is 37.0 Å². The number of pyridine rings is 1. The minimum absolute atomic E-state index is 0.241. The summed E-state index contributed by atoms with van der Waals surface area (Å²) in [5.41, 5.74) is 0.241. The Kier molecular flexibility index (Phi) is 2.91. The van der Waals surface area contributed by atoms with E-state index in [-0.39, 0.29) is 5.54 Å². The number of rotatable bonds is 2. The Labute approximate surface area is 91.3 Å². The van der Waals surface area contributed by atoms with E-state index in [2.05, 4.69) is 29.5 Å². The summed E-state index contributed by atoms with van der Waals surface area (Å²) in [5, 5.41) is 7.00. The smallest absolute Gasteiger partial charge is 0.126 e. The Balaban J connectivity index is 1.95. The molecule has 0 bridgehead atoms. The molecule has 1 aliphatic heterocycles. The first-order chi connectivity index (χ1) is 7.16. The van der Waals surface area contributed by atoms with Crippen molar-refractivity contribution in [1.29, 1.82) is 0 Å². The second-order valence-corrected chi connectivity index (χ2v) is 4.86. The third-order valence-electron chi connectivity index (χ3n) is 2.87. The van der Waals surface area contributed by atoms with Gasteiger partial charge in [0.25, 0.3) is 0 Å². The summed E-state index contributed by atoms with van der Waals surface area (Å²) < 4.78 is 0. The van der Waals surface area contributed by atoms with Crippen LogP contribution in [-0.2, 0) is 0 Å². The molecule has 0 aromatic carbocycles. The molecule has 82 valence electrons. The van der Waals surface area contributed by atoms with Crippen molar-refractivity contribution in [2.45, 2.75) is 38.3 Å². The maximum atomic E-state index is 4.29. The average Bonchev–Trinajstić information content (AvgIpc) is 2.17. The van der Waals surface area contributed by atoms with Crippen molar-refractivity contribution in [3.8, 4) is 0 Å². The highest BCUT2D eigenvalue weighted by Crippen LogP contribution is 2.20. The largest absolute Gasteiger partial charge is 0.367 e. The Morgan fingerprint density at radius 2 is 2.33 bits per heavy atom. The van der Waals surface area contributed by atoms with Crippen molar-refractivity contribution in [3.05, 3.63) is 24.4 Å². The maximum Gasteiger partial charge on any atom is 0.126 e. The second-order valence-electron chi connectivity index (χ2n) is 4.86. The van der Waals surface area contributed by atoms with Gasteiger partial charge in [-0.1, -0.05) is 6.07 Å². The molecule has 1 aliphatic rings. The summed E-state index contributed by atoms with van der Waals surface area (Å²) in [6, 6.07) is 6.52. The molecule has 1 saturated heterocycles. The molecule has 2 heterocycles. The predicted molar refractivity (Wildman–Crippen MR) is 63.0 cm³/mol. The molecule has 1 aromatic rings. The Morgan fingerprint density at radius 3 is 3.00 bits per heavy atom. The standard InChI is InChI=1S/C12H19N3/c1-12(2)9-10(6-8-14-12)15-11-5-3-4-7-13-11/h3-5,7,10,14H,6,8-9H2,1-2H3,(H,13,15). The number of nitrogens with one attached hydrogen (secondary N) is 2. The van der Waals surface area contributed by atoms with Gasteiger partial charge in [0.05, 0.1) is 0 Å². The fourth-order valence-electron chi connectivity index (χ4n) is 2.16. The summed E-state index contributed by atoms with van der Waals surface area (Å²) in [7, 11) is 0. The molecule has 0 amide bonds. The highest BCUT2D eigenvalue weighted by molar-refractivity contribution is 5.34. The van der Waals surface area contributed by atoms with Gasteiger partial charge < -0.3 is 10.6 Å². The van der Waals surface area contributed by atoms with Crippen LogP contribution in [-0.4, -0.2) is 23.1 Å². The van der Waals surface area contributed by atoms with Crippen LogP contribution < -0.4 is 10.6 Å². The van der Waals surface area contributed by atoms with E-state index in [4.69, 9.17) is 0 Å². The van der Waals surface area contributed by atoms with Crippen LogP contribution in [0.1, 0.15) is 26.7 Å². The van der Waals surface area contributed by atoms with E-state index >= 15 is 0 Å². The lowest BCUT2D eigenvalue weighted by Gasteiger charge is -2.37. The summed E-state index contributed by atoms with van der Waals surface area (Å²) in [6.45, 7) is 5.58. The number of nitrogens with zero attached hydrogens (tertiary/aromatic N) is 1. The molecular formula is C12H19N3. The number of aromatic nitrogens is 1. The quantitative estimate of drug-likeness (QED) is 0.775. The molecule has 0 aliphatic carbocycles. The van der Waals surface area contributed by atoms with Crippen molar-refractivity contribution in [2.75, 3.05) is 11.9 Å². The molecule has 1 aromatic heterocycles. The Morgan fingerprint density at radius 1 is 1.47 bits per heavy atom. The molecule has 1 fully saturated rings. The maximum absolute atomic E-state index is 4.29. The van der Waals surface area contributed by atoms with Gasteiger partial charge in [0.15, 0.2) is 0 Å². The van der Waals surface area contributed by atoms with Crippen LogP contribution in [0.2, 0.25) is 0 Å². The zero-order chi connectivity index (χ0) is 10.7. The van der Waals surface area contributed by atoms with Gasteiger partial charge in [-0.25, -0.2) is 4.98 Å². The van der Waals surface area contributed by atoms with E-state index in [1.807, 2.05) is 24.4 Å². The Bertz CT molecular complexity index is 308. The summed E-state index contributed by atoms with van der Waals surface area (Å²) >= 11 is 0. The first-order valence-corrected chi connectivity index (χ1v) is 5.58. The zero-order valence-corrected chi connectivity index (χ0v) is 9.46. The molecule has 3 heteroatoms. The highest BCUT2D eigenvalue weighted by atomic mass is 15.1. The average molecular weight is 205 g/mol. The molecular weight excluding hydrogens is 186 g/mol. The molecule has 2 rings (SSSR count). The molecule has 0 spiro atoms. The van der Waals surface area contributed by atoms with Gasteiger partial charge in [0.2, 0.25) is 0 Å². The van der Waals surface area contributed by atoms with E-state index in [9.17, 15) is 0 Å². The van der Waals surface area contributed by atoms with Crippen LogP contribution in [0.25, 0.3) is 0 Å². The summed E-state index contributed by atoms with van der Waals surface area (Å²) in [4.78, 5) is 4.29. The van der Waals surface area contributed by atoms with Crippen molar-refractivity contribution in [1.82, 2.24) is 10.3 Å². The van der Waals surface area contributed by atoms with Crippen LogP contribution in [0.4, 0.5) is 5.82 Å². The van der Waals surface area contributed by atoms with Crippen molar-refractivity contribution in [3.63, 3.8) is 0 Å². The van der Waals surface area contributed by atoms with Crippen molar-refractivity contribution >= 4 is 5.82 Å². The van der Waals surface area contributed by atoms with Crippen LogP contribution in [0.15, 0.2) is 24.4 Å². The minimum atomic E-state index is 0.241. The van der Waals surface area contributed by atoms with Gasteiger partial charge >= 0.3 is 0 Å². The summed E-state index contributed by atoms with van der Waals surface area (Å²) in [5.74, 6) is 0.986.